The average Bonchev–Trinajstić information content (AvgIpc) is 3.30. The van der Waals surface area contributed by atoms with E-state index in [-0.39, 0.29) is 11.5 Å². The van der Waals surface area contributed by atoms with Crippen molar-refractivity contribution in [1.82, 2.24) is 19.3 Å². The van der Waals surface area contributed by atoms with Crippen LogP contribution < -0.4 is 20.3 Å². The van der Waals surface area contributed by atoms with Gasteiger partial charge in [-0.15, -0.1) is 0 Å². The lowest BCUT2D eigenvalue weighted by Crippen LogP contribution is -2.26. The number of amides is 1. The van der Waals surface area contributed by atoms with E-state index in [1.807, 2.05) is 47.0 Å². The minimum atomic E-state index is -0.113. The highest BCUT2D eigenvalue weighted by atomic mass is 16.5. The number of aryl methyl sites for hydroxylation is 1. The number of rotatable bonds is 8. The van der Waals surface area contributed by atoms with Crippen molar-refractivity contribution in [3.8, 4) is 11.5 Å². The zero-order chi connectivity index (χ0) is 21.8. The molecule has 4 rings (SSSR count). The number of fused-ring (bicyclic) bond motifs is 3. The predicted octanol–water partition coefficient (Wildman–Crippen LogP) is 2.76. The minimum absolute atomic E-state index is 0.0982. The van der Waals surface area contributed by atoms with Crippen molar-refractivity contribution in [2.75, 3.05) is 14.2 Å². The number of hydrogen-bond acceptors (Lipinski definition) is 5. The Morgan fingerprint density at radius 2 is 1.90 bits per heavy atom. The molecule has 160 valence electrons. The number of ether oxygens (including phenoxy) is 2. The van der Waals surface area contributed by atoms with Gasteiger partial charge in [0, 0.05) is 37.5 Å². The lowest BCUT2D eigenvalue weighted by molar-refractivity contribution is -0.121. The number of benzene rings is 1. The number of carbonyl (C=O) groups is 1. The number of pyridine rings is 1. The van der Waals surface area contributed by atoms with Gasteiger partial charge in [-0.25, -0.2) is 4.98 Å². The van der Waals surface area contributed by atoms with Crippen molar-refractivity contribution in [2.45, 2.75) is 25.9 Å². The maximum atomic E-state index is 12.9. The quantitative estimate of drug-likeness (QED) is 0.474. The fourth-order valence-corrected chi connectivity index (χ4v) is 3.76. The van der Waals surface area contributed by atoms with Gasteiger partial charge in [0.2, 0.25) is 5.91 Å². The van der Waals surface area contributed by atoms with E-state index in [4.69, 9.17) is 9.47 Å². The SMILES string of the molecule is COc1cccc(CNC(=O)CCCn2c(=O)c3cccn3c3cccnc32)c1OC. The minimum Gasteiger partial charge on any atom is -0.493 e. The zero-order valence-electron chi connectivity index (χ0n) is 17.5. The van der Waals surface area contributed by atoms with Gasteiger partial charge in [-0.3, -0.25) is 14.2 Å². The second-order valence-corrected chi connectivity index (χ2v) is 7.10. The van der Waals surface area contributed by atoms with Crippen molar-refractivity contribution in [3.63, 3.8) is 0 Å². The summed E-state index contributed by atoms with van der Waals surface area (Å²) in [5.41, 5.74) is 2.78. The molecule has 0 aliphatic carbocycles. The Morgan fingerprint density at radius 3 is 2.71 bits per heavy atom. The number of methoxy groups -OCH3 is 2. The van der Waals surface area contributed by atoms with E-state index >= 15 is 0 Å². The highest BCUT2D eigenvalue weighted by Gasteiger charge is 2.13. The molecule has 1 amide bonds. The highest BCUT2D eigenvalue weighted by molar-refractivity contribution is 5.76. The summed E-state index contributed by atoms with van der Waals surface area (Å²) in [6.07, 6.45) is 4.33. The van der Waals surface area contributed by atoms with Crippen LogP contribution >= 0.6 is 0 Å². The van der Waals surface area contributed by atoms with Gasteiger partial charge >= 0.3 is 0 Å². The topological polar surface area (TPSA) is 86.9 Å². The van der Waals surface area contributed by atoms with E-state index in [9.17, 15) is 9.59 Å². The second-order valence-electron chi connectivity index (χ2n) is 7.10. The first kappa shape index (κ1) is 20.5. The summed E-state index contributed by atoms with van der Waals surface area (Å²) in [4.78, 5) is 29.7. The molecule has 0 saturated carbocycles. The Kier molecular flexibility index (Phi) is 5.88. The normalized spacial score (nSPS) is 11.0. The molecule has 4 aromatic rings. The number of carbonyl (C=O) groups excluding carboxylic acids is 1. The molecule has 0 aliphatic heterocycles. The fourth-order valence-electron chi connectivity index (χ4n) is 3.76. The van der Waals surface area contributed by atoms with Crippen LogP contribution in [0.25, 0.3) is 16.7 Å². The van der Waals surface area contributed by atoms with Crippen LogP contribution in [0, 0.1) is 0 Å². The standard InChI is InChI=1S/C23H24N4O4/c1-30-19-10-3-7-16(21(19)31-2)15-25-20(28)11-6-14-27-22-17(8-4-12-24-22)26-13-5-9-18(26)23(27)29/h3-5,7-10,12-13H,6,11,14-15H2,1-2H3,(H,25,28). The smallest absolute Gasteiger partial charge is 0.276 e. The summed E-state index contributed by atoms with van der Waals surface area (Å²) < 4.78 is 14.2. The zero-order valence-corrected chi connectivity index (χ0v) is 17.5. The Bertz CT molecular complexity index is 1290. The molecule has 0 saturated heterocycles. The Morgan fingerprint density at radius 1 is 1.06 bits per heavy atom. The van der Waals surface area contributed by atoms with Gasteiger partial charge < -0.3 is 19.2 Å². The largest absolute Gasteiger partial charge is 0.493 e. The van der Waals surface area contributed by atoms with Crippen LogP contribution in [0.1, 0.15) is 18.4 Å². The van der Waals surface area contributed by atoms with Gasteiger partial charge in [-0.1, -0.05) is 12.1 Å². The number of para-hydroxylation sites is 1. The van der Waals surface area contributed by atoms with Crippen LogP contribution in [-0.2, 0) is 17.9 Å². The first-order valence-electron chi connectivity index (χ1n) is 10.0. The summed E-state index contributed by atoms with van der Waals surface area (Å²) in [6, 6.07) is 12.9. The van der Waals surface area contributed by atoms with Crippen LogP contribution in [-0.4, -0.2) is 34.1 Å². The van der Waals surface area contributed by atoms with Crippen molar-refractivity contribution in [3.05, 3.63) is 70.8 Å². The number of hydrogen-bond donors (Lipinski definition) is 1. The summed E-state index contributed by atoms with van der Waals surface area (Å²) in [5, 5.41) is 2.91. The van der Waals surface area contributed by atoms with Gasteiger partial charge in [-0.2, -0.15) is 0 Å². The van der Waals surface area contributed by atoms with E-state index in [0.717, 1.165) is 11.1 Å². The van der Waals surface area contributed by atoms with E-state index in [0.29, 0.717) is 48.6 Å². The lowest BCUT2D eigenvalue weighted by Gasteiger charge is -2.13. The average molecular weight is 420 g/mol. The molecule has 1 N–H and O–H groups in total. The van der Waals surface area contributed by atoms with Gasteiger partial charge in [0.25, 0.3) is 5.56 Å². The first-order chi connectivity index (χ1) is 15.1. The molecule has 31 heavy (non-hydrogen) atoms. The molecule has 0 radical (unpaired) electrons. The summed E-state index contributed by atoms with van der Waals surface area (Å²) >= 11 is 0. The van der Waals surface area contributed by atoms with Crippen LogP contribution in [0.2, 0.25) is 0 Å². The third-order valence-corrected chi connectivity index (χ3v) is 5.24. The lowest BCUT2D eigenvalue weighted by atomic mass is 10.1. The molecule has 8 heteroatoms. The Balaban J connectivity index is 1.43. The van der Waals surface area contributed by atoms with Gasteiger partial charge in [0.1, 0.15) is 5.52 Å². The molecule has 0 atom stereocenters. The monoisotopic (exact) mass is 420 g/mol. The molecule has 0 bridgehead atoms. The first-order valence-corrected chi connectivity index (χ1v) is 10.0. The molecule has 0 fully saturated rings. The Hall–Kier alpha value is -3.81. The predicted molar refractivity (Wildman–Crippen MR) is 118 cm³/mol. The van der Waals surface area contributed by atoms with E-state index < -0.39 is 0 Å². The van der Waals surface area contributed by atoms with Gasteiger partial charge in [-0.05, 0) is 36.8 Å². The van der Waals surface area contributed by atoms with Crippen molar-refractivity contribution in [1.29, 1.82) is 0 Å². The molecule has 0 spiro atoms. The summed E-state index contributed by atoms with van der Waals surface area (Å²) in [7, 11) is 3.15. The van der Waals surface area contributed by atoms with Crippen LogP contribution in [0.4, 0.5) is 0 Å². The Labute approximate surface area is 179 Å². The van der Waals surface area contributed by atoms with E-state index in [1.165, 1.54) is 0 Å². The van der Waals surface area contributed by atoms with Crippen molar-refractivity contribution < 1.29 is 14.3 Å². The van der Waals surface area contributed by atoms with Crippen LogP contribution in [0.5, 0.6) is 11.5 Å². The molecule has 3 aromatic heterocycles. The third kappa shape index (κ3) is 3.96. The second kappa shape index (κ2) is 8.91. The van der Waals surface area contributed by atoms with E-state index in [1.54, 1.807) is 31.0 Å². The number of aromatic nitrogens is 3. The van der Waals surface area contributed by atoms with Crippen molar-refractivity contribution >= 4 is 22.6 Å². The summed E-state index contributed by atoms with van der Waals surface area (Å²) in [6.45, 7) is 0.740. The maximum Gasteiger partial charge on any atom is 0.276 e. The fraction of sp³-hybridized carbons (Fsp3) is 0.261. The third-order valence-electron chi connectivity index (χ3n) is 5.24. The van der Waals surface area contributed by atoms with Crippen molar-refractivity contribution in [2.24, 2.45) is 0 Å². The van der Waals surface area contributed by atoms with Gasteiger partial charge in [0.05, 0.1) is 19.7 Å². The highest BCUT2D eigenvalue weighted by Crippen LogP contribution is 2.30. The molecule has 1 aromatic carbocycles. The summed E-state index contributed by atoms with van der Waals surface area (Å²) in [5.74, 6) is 1.13. The number of nitrogens with one attached hydrogen (secondary N) is 1. The molecular formula is C23H24N4O4. The number of nitrogens with zero attached hydrogens (tertiary/aromatic N) is 3. The maximum absolute atomic E-state index is 12.9. The molecule has 3 heterocycles. The van der Waals surface area contributed by atoms with Crippen LogP contribution in [0.3, 0.4) is 0 Å². The van der Waals surface area contributed by atoms with Crippen LogP contribution in [0.15, 0.2) is 59.7 Å². The molecule has 0 unspecified atom stereocenters. The molecule has 0 aliphatic rings. The van der Waals surface area contributed by atoms with Gasteiger partial charge in [0.15, 0.2) is 17.1 Å². The molecular weight excluding hydrogens is 396 g/mol. The molecule has 8 nitrogen and oxygen atoms in total. The van der Waals surface area contributed by atoms with E-state index in [2.05, 4.69) is 10.3 Å².